The molecule has 184 valence electrons. The average Bonchev–Trinajstić information content (AvgIpc) is 3.31. The van der Waals surface area contributed by atoms with Gasteiger partial charge in [0.25, 0.3) is 5.91 Å². The fourth-order valence-corrected chi connectivity index (χ4v) is 5.01. The Morgan fingerprint density at radius 3 is 2.65 bits per heavy atom. The van der Waals surface area contributed by atoms with Crippen molar-refractivity contribution in [2.75, 3.05) is 35.6 Å². The molecule has 0 spiro atoms. The van der Waals surface area contributed by atoms with Crippen LogP contribution in [0.4, 0.5) is 11.4 Å². The summed E-state index contributed by atoms with van der Waals surface area (Å²) in [6.07, 6.45) is 3.42. The van der Waals surface area contributed by atoms with Crippen LogP contribution in [0.2, 0.25) is 5.02 Å². The SMILES string of the molecule is Cc1c(Cl)cccc1N(CCCC(=O)Nc1ccccc1C(=O)NC[C@@H]1CCCO1)S(C)(=O)=O. The van der Waals surface area contributed by atoms with Gasteiger partial charge in [0.05, 0.1) is 29.3 Å². The first-order valence-electron chi connectivity index (χ1n) is 11.2. The predicted molar refractivity (Wildman–Crippen MR) is 134 cm³/mol. The van der Waals surface area contributed by atoms with Crippen LogP contribution >= 0.6 is 11.6 Å². The first-order valence-corrected chi connectivity index (χ1v) is 13.4. The van der Waals surface area contributed by atoms with Crippen molar-refractivity contribution in [3.8, 4) is 0 Å². The summed E-state index contributed by atoms with van der Waals surface area (Å²) in [7, 11) is -3.57. The van der Waals surface area contributed by atoms with Crippen LogP contribution in [0.1, 0.15) is 41.6 Å². The Labute approximate surface area is 205 Å². The monoisotopic (exact) mass is 507 g/mol. The third-order valence-corrected chi connectivity index (χ3v) is 7.22. The molecule has 1 aliphatic heterocycles. The molecule has 34 heavy (non-hydrogen) atoms. The number of hydrogen-bond acceptors (Lipinski definition) is 5. The molecule has 1 heterocycles. The molecule has 0 aliphatic carbocycles. The summed E-state index contributed by atoms with van der Waals surface area (Å²) in [6.45, 7) is 3.01. The lowest BCUT2D eigenvalue weighted by molar-refractivity contribution is -0.116. The van der Waals surface area contributed by atoms with Crippen molar-refractivity contribution in [3.05, 3.63) is 58.6 Å². The second kappa shape index (κ2) is 11.7. The largest absolute Gasteiger partial charge is 0.376 e. The van der Waals surface area contributed by atoms with Gasteiger partial charge < -0.3 is 15.4 Å². The molecule has 1 atom stereocenters. The first-order chi connectivity index (χ1) is 16.2. The highest BCUT2D eigenvalue weighted by Gasteiger charge is 2.21. The van der Waals surface area contributed by atoms with Crippen LogP contribution in [0, 0.1) is 6.92 Å². The van der Waals surface area contributed by atoms with Gasteiger partial charge in [0, 0.05) is 31.1 Å². The molecule has 1 saturated heterocycles. The highest BCUT2D eigenvalue weighted by molar-refractivity contribution is 7.92. The number of ether oxygens (including phenoxy) is 1. The number of rotatable bonds is 10. The number of nitrogens with one attached hydrogen (secondary N) is 2. The van der Waals surface area contributed by atoms with E-state index in [1.54, 1.807) is 49.4 Å². The minimum atomic E-state index is -3.57. The van der Waals surface area contributed by atoms with Gasteiger partial charge in [-0.05, 0) is 56.0 Å². The van der Waals surface area contributed by atoms with E-state index in [2.05, 4.69) is 10.6 Å². The molecule has 1 fully saturated rings. The Morgan fingerprint density at radius 2 is 1.94 bits per heavy atom. The number of carbonyl (C=O) groups is 2. The van der Waals surface area contributed by atoms with Crippen LogP contribution in [0.25, 0.3) is 0 Å². The third-order valence-electron chi connectivity index (χ3n) is 5.63. The van der Waals surface area contributed by atoms with E-state index in [1.807, 2.05) is 0 Å². The average molecular weight is 508 g/mol. The molecule has 0 unspecified atom stereocenters. The number of nitrogens with zero attached hydrogens (tertiary/aromatic N) is 1. The Bertz CT molecular complexity index is 1130. The Morgan fingerprint density at radius 1 is 1.18 bits per heavy atom. The van der Waals surface area contributed by atoms with Gasteiger partial charge in [0.1, 0.15) is 0 Å². The summed E-state index contributed by atoms with van der Waals surface area (Å²) in [6, 6.07) is 11.9. The van der Waals surface area contributed by atoms with Gasteiger partial charge in [-0.15, -0.1) is 0 Å². The van der Waals surface area contributed by atoms with Gasteiger partial charge in [0.15, 0.2) is 0 Å². The molecule has 8 nitrogen and oxygen atoms in total. The first kappa shape index (κ1) is 26.0. The second-order valence-corrected chi connectivity index (χ2v) is 10.6. The van der Waals surface area contributed by atoms with Crippen molar-refractivity contribution in [1.29, 1.82) is 0 Å². The van der Waals surface area contributed by atoms with E-state index in [4.69, 9.17) is 16.3 Å². The molecule has 0 radical (unpaired) electrons. The molecule has 2 aromatic carbocycles. The van der Waals surface area contributed by atoms with Crippen LogP contribution in [-0.4, -0.2) is 52.3 Å². The van der Waals surface area contributed by atoms with Crippen molar-refractivity contribution in [2.24, 2.45) is 0 Å². The van der Waals surface area contributed by atoms with E-state index in [9.17, 15) is 18.0 Å². The maximum absolute atomic E-state index is 12.6. The summed E-state index contributed by atoms with van der Waals surface area (Å²) < 4.78 is 31.5. The number of sulfonamides is 1. The van der Waals surface area contributed by atoms with Gasteiger partial charge in [0.2, 0.25) is 15.9 Å². The fraction of sp³-hybridized carbons (Fsp3) is 0.417. The van der Waals surface area contributed by atoms with Gasteiger partial charge in [-0.2, -0.15) is 0 Å². The molecule has 1 aliphatic rings. The lowest BCUT2D eigenvalue weighted by atomic mass is 10.1. The lowest BCUT2D eigenvalue weighted by Crippen LogP contribution is -2.33. The highest BCUT2D eigenvalue weighted by atomic mass is 35.5. The zero-order valence-corrected chi connectivity index (χ0v) is 20.9. The number of anilines is 2. The van der Waals surface area contributed by atoms with E-state index in [0.29, 0.717) is 40.7 Å². The number of carbonyl (C=O) groups excluding carboxylic acids is 2. The van der Waals surface area contributed by atoms with Crippen LogP contribution in [0.15, 0.2) is 42.5 Å². The third kappa shape index (κ3) is 6.94. The minimum Gasteiger partial charge on any atom is -0.376 e. The van der Waals surface area contributed by atoms with Gasteiger partial charge in [-0.1, -0.05) is 29.8 Å². The summed E-state index contributed by atoms with van der Waals surface area (Å²) in [5, 5.41) is 6.10. The van der Waals surface area contributed by atoms with Gasteiger partial charge in [-0.3, -0.25) is 13.9 Å². The van der Waals surface area contributed by atoms with Crippen molar-refractivity contribution >= 4 is 44.8 Å². The van der Waals surface area contributed by atoms with E-state index >= 15 is 0 Å². The van der Waals surface area contributed by atoms with Gasteiger partial charge in [-0.25, -0.2) is 8.42 Å². The maximum Gasteiger partial charge on any atom is 0.253 e. The fourth-order valence-electron chi connectivity index (χ4n) is 3.82. The van der Waals surface area contributed by atoms with Crippen molar-refractivity contribution in [3.63, 3.8) is 0 Å². The summed E-state index contributed by atoms with van der Waals surface area (Å²) in [5.41, 5.74) is 1.91. The second-order valence-electron chi connectivity index (χ2n) is 8.26. The molecule has 2 aromatic rings. The zero-order chi connectivity index (χ0) is 24.7. The van der Waals surface area contributed by atoms with Crippen molar-refractivity contribution in [2.45, 2.75) is 38.7 Å². The molecule has 0 aromatic heterocycles. The van der Waals surface area contributed by atoms with Crippen molar-refractivity contribution in [1.82, 2.24) is 5.32 Å². The quantitative estimate of drug-likeness (QED) is 0.509. The molecular formula is C24H30ClN3O5S. The molecule has 2 N–H and O–H groups in total. The number of hydrogen-bond donors (Lipinski definition) is 2. The summed E-state index contributed by atoms with van der Waals surface area (Å²) >= 11 is 6.16. The maximum atomic E-state index is 12.6. The molecule has 0 bridgehead atoms. The highest BCUT2D eigenvalue weighted by Crippen LogP contribution is 2.28. The van der Waals surface area contributed by atoms with E-state index in [0.717, 1.165) is 19.1 Å². The minimum absolute atomic E-state index is 0.0200. The molecule has 3 rings (SSSR count). The number of para-hydroxylation sites is 1. The molecule has 0 saturated carbocycles. The van der Waals surface area contributed by atoms with E-state index < -0.39 is 10.0 Å². The van der Waals surface area contributed by atoms with Crippen LogP contribution in [0.3, 0.4) is 0 Å². The number of amides is 2. The van der Waals surface area contributed by atoms with Gasteiger partial charge >= 0.3 is 0 Å². The van der Waals surface area contributed by atoms with Crippen LogP contribution in [0.5, 0.6) is 0 Å². The topological polar surface area (TPSA) is 105 Å². The smallest absolute Gasteiger partial charge is 0.253 e. The summed E-state index contributed by atoms with van der Waals surface area (Å²) in [5.74, 6) is -0.596. The Kier molecular flexibility index (Phi) is 8.93. The predicted octanol–water partition coefficient (Wildman–Crippen LogP) is 3.74. The van der Waals surface area contributed by atoms with E-state index in [1.165, 1.54) is 4.31 Å². The molecule has 10 heteroatoms. The number of benzene rings is 2. The van der Waals surface area contributed by atoms with E-state index in [-0.39, 0.29) is 37.3 Å². The molecular weight excluding hydrogens is 478 g/mol. The van der Waals surface area contributed by atoms with Crippen molar-refractivity contribution < 1.29 is 22.7 Å². The Balaban J connectivity index is 1.59. The zero-order valence-electron chi connectivity index (χ0n) is 19.3. The normalized spacial score (nSPS) is 15.7. The lowest BCUT2D eigenvalue weighted by Gasteiger charge is -2.24. The molecule has 2 amide bonds. The Hall–Kier alpha value is -2.62. The van der Waals surface area contributed by atoms with Crippen LogP contribution < -0.4 is 14.9 Å². The standard InChI is InChI=1S/C24H30ClN3O5S/c1-17-20(25)10-5-12-22(17)28(34(2,31)32)14-6-13-23(29)27-21-11-4-3-9-19(21)24(30)26-16-18-8-7-15-33-18/h3-5,9-12,18H,6-8,13-16H2,1-2H3,(H,26,30)(H,27,29)/t18-/m0/s1. The summed E-state index contributed by atoms with van der Waals surface area (Å²) in [4.78, 5) is 25.2. The van der Waals surface area contributed by atoms with Crippen LogP contribution in [-0.2, 0) is 19.6 Å². The number of halogens is 1.